The van der Waals surface area contributed by atoms with Gasteiger partial charge in [0.25, 0.3) is 0 Å². The van der Waals surface area contributed by atoms with Gasteiger partial charge in [-0.3, -0.25) is 0 Å². The Balaban J connectivity index is 0.00000272. The van der Waals surface area contributed by atoms with Crippen molar-refractivity contribution >= 4 is 0 Å². The van der Waals surface area contributed by atoms with Gasteiger partial charge in [0.1, 0.15) is 0 Å². The monoisotopic (exact) mass is 504 g/mol. The summed E-state index contributed by atoms with van der Waals surface area (Å²) in [4.78, 5) is 0. The van der Waals surface area contributed by atoms with E-state index in [-0.39, 0.29) is 44.0 Å². The SMILES string of the molecule is CC1CCC(C2CCC(c3ccc(C(F)(F)Oc4cc[c-]c(F)c4)cc3)CC2)CC1.[Y+3]. The molecule has 2 saturated carbocycles. The van der Waals surface area contributed by atoms with Crippen LogP contribution in [-0.2, 0) is 38.8 Å². The Morgan fingerprint density at radius 1 is 0.871 bits per heavy atom. The van der Waals surface area contributed by atoms with Crippen LogP contribution in [0, 0.1) is 29.6 Å². The summed E-state index contributed by atoms with van der Waals surface area (Å²) in [6.07, 6.45) is 6.77. The molecule has 2 aliphatic rings. The van der Waals surface area contributed by atoms with Crippen LogP contribution in [-0.4, -0.2) is 0 Å². The van der Waals surface area contributed by atoms with Gasteiger partial charge in [0.15, 0.2) is 0 Å². The van der Waals surface area contributed by atoms with E-state index < -0.39 is 11.9 Å². The fraction of sp³-hybridized carbons (Fsp3) is 0.538. The van der Waals surface area contributed by atoms with E-state index in [1.807, 2.05) is 0 Å². The Morgan fingerprint density at radius 3 is 2.03 bits per heavy atom. The number of ether oxygens (including phenoxy) is 1. The summed E-state index contributed by atoms with van der Waals surface area (Å²) in [5.74, 6) is 2.13. The van der Waals surface area contributed by atoms with Gasteiger partial charge >= 0.3 is 38.8 Å². The molecule has 31 heavy (non-hydrogen) atoms. The van der Waals surface area contributed by atoms with Gasteiger partial charge in [0, 0.05) is 11.6 Å². The maximum atomic E-state index is 14.5. The Kier molecular flexibility index (Phi) is 8.66. The molecule has 0 spiro atoms. The topological polar surface area (TPSA) is 9.23 Å². The third kappa shape index (κ3) is 6.35. The predicted molar refractivity (Wildman–Crippen MR) is 112 cm³/mol. The van der Waals surface area contributed by atoms with Crippen LogP contribution in [0.1, 0.15) is 75.3 Å². The Labute approximate surface area is 209 Å². The first-order valence-electron chi connectivity index (χ1n) is 11.2. The molecule has 2 aromatic rings. The summed E-state index contributed by atoms with van der Waals surface area (Å²) in [5, 5.41) is 0. The second kappa shape index (κ2) is 10.8. The fourth-order valence-electron chi connectivity index (χ4n) is 5.32. The number of alkyl halides is 2. The van der Waals surface area contributed by atoms with E-state index in [4.69, 9.17) is 4.74 Å². The molecule has 0 atom stereocenters. The fourth-order valence-corrected chi connectivity index (χ4v) is 5.32. The normalized spacial score (nSPS) is 26.7. The number of halogens is 3. The summed E-state index contributed by atoms with van der Waals surface area (Å²) >= 11 is 0. The maximum absolute atomic E-state index is 14.5. The van der Waals surface area contributed by atoms with Gasteiger partial charge < -0.3 is 4.74 Å². The molecule has 0 aromatic heterocycles. The molecule has 0 heterocycles. The average molecular weight is 504 g/mol. The van der Waals surface area contributed by atoms with Gasteiger partial charge in [-0.05, 0) is 79.9 Å². The van der Waals surface area contributed by atoms with Crippen LogP contribution in [0.4, 0.5) is 13.2 Å². The van der Waals surface area contributed by atoms with Crippen molar-refractivity contribution in [1.29, 1.82) is 0 Å². The zero-order valence-corrected chi connectivity index (χ0v) is 21.0. The Morgan fingerprint density at radius 2 is 1.45 bits per heavy atom. The molecule has 0 aliphatic heterocycles. The summed E-state index contributed by atoms with van der Waals surface area (Å²) in [5.41, 5.74) is 0.912. The average Bonchev–Trinajstić information content (AvgIpc) is 2.74. The van der Waals surface area contributed by atoms with Gasteiger partial charge in [-0.2, -0.15) is 14.8 Å². The van der Waals surface area contributed by atoms with E-state index in [2.05, 4.69) is 13.0 Å². The molecule has 2 aliphatic carbocycles. The van der Waals surface area contributed by atoms with Gasteiger partial charge in [0.05, 0.1) is 5.56 Å². The molecule has 0 amide bonds. The molecular formula is C26H30F3OY+2. The van der Waals surface area contributed by atoms with Crippen LogP contribution in [0.5, 0.6) is 5.75 Å². The Hall–Kier alpha value is -0.866. The van der Waals surface area contributed by atoms with Crippen LogP contribution in [0.3, 0.4) is 0 Å². The van der Waals surface area contributed by atoms with Crippen molar-refractivity contribution in [1.82, 2.24) is 0 Å². The summed E-state index contributed by atoms with van der Waals surface area (Å²) in [6, 6.07) is 12.2. The first-order valence-corrected chi connectivity index (χ1v) is 11.2. The minimum absolute atomic E-state index is 0. The summed E-state index contributed by atoms with van der Waals surface area (Å²) in [7, 11) is 0. The van der Waals surface area contributed by atoms with Gasteiger partial charge in [-0.1, -0.05) is 38.0 Å². The number of hydrogen-bond acceptors (Lipinski definition) is 1. The zero-order chi connectivity index (χ0) is 21.1. The largest absolute Gasteiger partial charge is 3.00 e. The van der Waals surface area contributed by atoms with Crippen molar-refractivity contribution in [3.05, 3.63) is 65.5 Å². The van der Waals surface area contributed by atoms with Crippen molar-refractivity contribution in [3.8, 4) is 5.75 Å². The third-order valence-electron chi connectivity index (χ3n) is 7.20. The maximum Gasteiger partial charge on any atom is 3.00 e. The smallest absolute Gasteiger partial charge is 0.455 e. The minimum atomic E-state index is -3.51. The van der Waals surface area contributed by atoms with Crippen molar-refractivity contribution in [2.75, 3.05) is 0 Å². The molecule has 162 valence electrons. The quantitative estimate of drug-likeness (QED) is 0.377. The van der Waals surface area contributed by atoms with Gasteiger partial charge in [-0.15, -0.1) is 12.1 Å². The van der Waals surface area contributed by atoms with E-state index in [1.165, 1.54) is 62.8 Å². The number of benzene rings is 2. The van der Waals surface area contributed by atoms with E-state index in [0.29, 0.717) is 5.92 Å². The molecule has 1 nitrogen and oxygen atoms in total. The summed E-state index contributed by atoms with van der Waals surface area (Å²) < 4.78 is 46.9. The molecule has 0 N–H and O–H groups in total. The van der Waals surface area contributed by atoms with Crippen molar-refractivity contribution < 1.29 is 50.6 Å². The Bertz CT molecular complexity index is 823. The van der Waals surface area contributed by atoms with Crippen molar-refractivity contribution in [2.24, 2.45) is 17.8 Å². The first kappa shape index (κ1) is 24.8. The molecule has 2 aromatic carbocycles. The minimum Gasteiger partial charge on any atom is -0.455 e. The second-order valence-electron chi connectivity index (χ2n) is 9.24. The van der Waals surface area contributed by atoms with E-state index >= 15 is 0 Å². The van der Waals surface area contributed by atoms with Crippen LogP contribution in [0.25, 0.3) is 0 Å². The predicted octanol–water partition coefficient (Wildman–Crippen LogP) is 7.85. The van der Waals surface area contributed by atoms with E-state index in [9.17, 15) is 13.2 Å². The summed E-state index contributed by atoms with van der Waals surface area (Å²) in [6.45, 7) is 2.36. The van der Waals surface area contributed by atoms with E-state index in [0.717, 1.165) is 42.2 Å². The molecule has 0 radical (unpaired) electrons. The van der Waals surface area contributed by atoms with Gasteiger partial charge in [-0.25, -0.2) is 4.39 Å². The second-order valence-corrected chi connectivity index (χ2v) is 9.24. The molecule has 0 saturated heterocycles. The molecule has 4 rings (SSSR count). The van der Waals surface area contributed by atoms with Crippen molar-refractivity contribution in [2.45, 2.75) is 70.3 Å². The molecule has 5 heteroatoms. The van der Waals surface area contributed by atoms with Crippen molar-refractivity contribution in [3.63, 3.8) is 0 Å². The van der Waals surface area contributed by atoms with Gasteiger partial charge in [0.2, 0.25) is 0 Å². The molecular weight excluding hydrogens is 474 g/mol. The molecule has 0 bridgehead atoms. The number of hydrogen-bond donors (Lipinski definition) is 0. The number of rotatable bonds is 5. The molecule has 0 unspecified atom stereocenters. The first-order chi connectivity index (χ1) is 14.4. The standard InChI is InChI=1S/C26H30F3O.Y/c1-18-5-7-19(8-6-18)20-9-11-21(12-10-20)22-13-15-23(16-14-22)26(28,29)30-25-4-2-3-24(27)17-25;/h2,4,13-21H,5-12H2,1H3;/q-1;+3. The van der Waals surface area contributed by atoms with Crippen LogP contribution >= 0.6 is 0 Å². The van der Waals surface area contributed by atoms with Crippen LogP contribution in [0.2, 0.25) is 0 Å². The zero-order valence-electron chi connectivity index (χ0n) is 18.1. The van der Waals surface area contributed by atoms with E-state index in [1.54, 1.807) is 12.1 Å². The van der Waals surface area contributed by atoms with Crippen LogP contribution in [0.15, 0.2) is 42.5 Å². The third-order valence-corrected chi connectivity index (χ3v) is 7.20. The van der Waals surface area contributed by atoms with Crippen LogP contribution < -0.4 is 4.74 Å². The molecule has 2 fully saturated rings.